The van der Waals surface area contributed by atoms with Crippen LogP contribution in [0.3, 0.4) is 0 Å². The second kappa shape index (κ2) is 8.41. The summed E-state index contributed by atoms with van der Waals surface area (Å²) in [5.74, 6) is -1.35. The molecule has 2 aliphatic rings. The molecule has 0 saturated heterocycles. The number of ether oxygens (including phenoxy) is 1. The first-order valence-corrected chi connectivity index (χ1v) is 9.70. The minimum absolute atomic E-state index is 0.0499. The number of urea groups is 1. The van der Waals surface area contributed by atoms with Crippen LogP contribution < -0.4 is 10.6 Å². The highest BCUT2D eigenvalue weighted by Gasteiger charge is 2.49. The monoisotopic (exact) mass is 398 g/mol. The van der Waals surface area contributed by atoms with Crippen molar-refractivity contribution in [1.82, 2.24) is 10.6 Å². The summed E-state index contributed by atoms with van der Waals surface area (Å²) in [6.45, 7) is 2.40. The van der Waals surface area contributed by atoms with E-state index in [1.165, 1.54) is 12.1 Å². The van der Waals surface area contributed by atoms with E-state index >= 15 is 0 Å². The van der Waals surface area contributed by atoms with Crippen molar-refractivity contribution < 1.29 is 27.5 Å². The topological polar surface area (TPSA) is 67.4 Å². The van der Waals surface area contributed by atoms with Gasteiger partial charge in [-0.25, -0.2) is 4.79 Å². The van der Waals surface area contributed by atoms with Gasteiger partial charge in [0, 0.05) is 12.6 Å². The van der Waals surface area contributed by atoms with Gasteiger partial charge in [-0.15, -0.1) is 0 Å². The van der Waals surface area contributed by atoms with Crippen LogP contribution in [0.2, 0.25) is 0 Å². The third-order valence-electron chi connectivity index (χ3n) is 5.39. The first kappa shape index (κ1) is 20.5. The van der Waals surface area contributed by atoms with E-state index in [1.807, 2.05) is 6.92 Å². The molecule has 5 nitrogen and oxygen atoms in total. The summed E-state index contributed by atoms with van der Waals surface area (Å²) in [4.78, 5) is 23.9. The van der Waals surface area contributed by atoms with E-state index < -0.39 is 29.5 Å². The van der Waals surface area contributed by atoms with Crippen LogP contribution in [0.25, 0.3) is 0 Å². The fourth-order valence-corrected chi connectivity index (χ4v) is 3.85. The molecule has 2 amide bonds. The van der Waals surface area contributed by atoms with Gasteiger partial charge in [0.1, 0.15) is 6.10 Å². The van der Waals surface area contributed by atoms with Gasteiger partial charge in [-0.3, -0.25) is 4.79 Å². The van der Waals surface area contributed by atoms with E-state index in [2.05, 4.69) is 10.6 Å². The van der Waals surface area contributed by atoms with E-state index in [9.17, 15) is 22.8 Å². The molecule has 2 unspecified atom stereocenters. The Morgan fingerprint density at radius 1 is 1.14 bits per heavy atom. The average Bonchev–Trinajstić information content (AvgIpc) is 3.44. The number of carbonyl (C=O) groups excluding carboxylic acids is 2. The molecule has 28 heavy (non-hydrogen) atoms. The quantitative estimate of drug-likeness (QED) is 0.738. The summed E-state index contributed by atoms with van der Waals surface area (Å²) in [5.41, 5.74) is -0.501. The first-order valence-electron chi connectivity index (χ1n) is 9.70. The van der Waals surface area contributed by atoms with Gasteiger partial charge < -0.3 is 15.4 Å². The Kier molecular flexibility index (Phi) is 6.15. The summed E-state index contributed by atoms with van der Waals surface area (Å²) in [5, 5.41) is 5.56. The first-order chi connectivity index (χ1) is 13.3. The Bertz CT molecular complexity index is 715. The highest BCUT2D eigenvalue weighted by atomic mass is 19.4. The van der Waals surface area contributed by atoms with E-state index in [1.54, 1.807) is 6.07 Å². The van der Waals surface area contributed by atoms with Crippen LogP contribution in [0.1, 0.15) is 56.1 Å². The molecule has 0 aromatic heterocycles. The summed E-state index contributed by atoms with van der Waals surface area (Å²) < 4.78 is 45.0. The largest absolute Gasteiger partial charge is 0.462 e. The van der Waals surface area contributed by atoms with Crippen molar-refractivity contribution in [2.75, 3.05) is 6.54 Å². The lowest BCUT2D eigenvalue weighted by Gasteiger charge is -2.29. The van der Waals surface area contributed by atoms with E-state index in [4.69, 9.17) is 4.74 Å². The minimum Gasteiger partial charge on any atom is -0.462 e. The number of hydrogen-bond donors (Lipinski definition) is 2. The van der Waals surface area contributed by atoms with Crippen molar-refractivity contribution >= 4 is 12.0 Å². The van der Waals surface area contributed by atoms with Crippen molar-refractivity contribution in [2.45, 2.75) is 63.3 Å². The average molecular weight is 398 g/mol. The zero-order chi connectivity index (χ0) is 20.3. The van der Waals surface area contributed by atoms with Gasteiger partial charge in [0.05, 0.1) is 11.5 Å². The molecule has 1 aromatic rings. The Morgan fingerprint density at radius 2 is 1.82 bits per heavy atom. The summed E-state index contributed by atoms with van der Waals surface area (Å²) in [6, 6.07) is 5.27. The third-order valence-corrected chi connectivity index (χ3v) is 5.39. The summed E-state index contributed by atoms with van der Waals surface area (Å²) in [7, 11) is 0. The molecular formula is C20H25F3N2O3. The Hall–Kier alpha value is -2.25. The number of halogens is 3. The van der Waals surface area contributed by atoms with Crippen molar-refractivity contribution in [3.05, 3.63) is 35.4 Å². The molecule has 154 valence electrons. The number of nitrogens with one attached hydrogen (secondary N) is 2. The van der Waals surface area contributed by atoms with Crippen molar-refractivity contribution in [1.29, 1.82) is 0 Å². The molecule has 1 aromatic carbocycles. The molecule has 8 heteroatoms. The van der Waals surface area contributed by atoms with E-state index in [0.29, 0.717) is 38.6 Å². The Morgan fingerprint density at radius 3 is 2.46 bits per heavy atom. The molecule has 0 aliphatic heterocycles. The number of benzene rings is 1. The van der Waals surface area contributed by atoms with Crippen LogP contribution in [-0.4, -0.2) is 30.7 Å². The van der Waals surface area contributed by atoms with Gasteiger partial charge in [-0.05, 0) is 56.6 Å². The molecular weight excluding hydrogens is 373 g/mol. The number of carbonyl (C=O) groups is 2. The van der Waals surface area contributed by atoms with Crippen LogP contribution in [0.5, 0.6) is 0 Å². The Labute approximate surface area is 162 Å². The molecule has 0 radical (unpaired) electrons. The van der Waals surface area contributed by atoms with Crippen LogP contribution >= 0.6 is 0 Å². The third kappa shape index (κ3) is 4.97. The maximum Gasteiger partial charge on any atom is 0.416 e. The SMILES string of the molecule is CCNC(=O)NC1CCC(OC(=O)C2CC2c2ccccc2C(F)(F)F)CC1. The standard InChI is InChI=1S/C20H25F3N2O3/c1-2-24-19(27)25-12-7-9-13(10-8-12)28-18(26)16-11-15(16)14-5-3-4-6-17(14)20(21,22)23/h3-6,12-13,15-16H,2,7-11H2,1H3,(H2,24,25,27). The van der Waals surface area contributed by atoms with Gasteiger partial charge in [-0.1, -0.05) is 18.2 Å². The highest BCUT2D eigenvalue weighted by molar-refractivity contribution is 5.78. The number of alkyl halides is 3. The Balaban J connectivity index is 1.49. The maximum absolute atomic E-state index is 13.2. The van der Waals surface area contributed by atoms with Crippen molar-refractivity contribution in [3.63, 3.8) is 0 Å². The van der Waals surface area contributed by atoms with Gasteiger partial charge in [0.25, 0.3) is 0 Å². The van der Waals surface area contributed by atoms with Crippen molar-refractivity contribution in [2.24, 2.45) is 5.92 Å². The van der Waals surface area contributed by atoms with Gasteiger partial charge in [0.15, 0.2) is 0 Å². The molecule has 2 aliphatic carbocycles. The predicted octanol–water partition coefficient (Wildman–Crippen LogP) is 3.98. The molecule has 2 atom stereocenters. The molecule has 2 fully saturated rings. The fourth-order valence-electron chi connectivity index (χ4n) is 3.85. The summed E-state index contributed by atoms with van der Waals surface area (Å²) >= 11 is 0. The molecule has 0 heterocycles. The van der Waals surface area contributed by atoms with Crippen LogP contribution in [0.4, 0.5) is 18.0 Å². The maximum atomic E-state index is 13.2. The summed E-state index contributed by atoms with van der Waals surface area (Å²) in [6.07, 6.45) is -1.58. The molecule has 2 saturated carbocycles. The van der Waals surface area contributed by atoms with Crippen LogP contribution in [0.15, 0.2) is 24.3 Å². The number of amides is 2. The minimum atomic E-state index is -4.43. The zero-order valence-corrected chi connectivity index (χ0v) is 15.7. The second-order valence-electron chi connectivity index (χ2n) is 7.45. The smallest absolute Gasteiger partial charge is 0.416 e. The molecule has 0 spiro atoms. The van der Waals surface area contributed by atoms with Crippen molar-refractivity contribution in [3.8, 4) is 0 Å². The number of rotatable bonds is 5. The zero-order valence-electron chi connectivity index (χ0n) is 15.7. The van der Waals surface area contributed by atoms with E-state index in [0.717, 1.165) is 6.07 Å². The molecule has 3 rings (SSSR count). The van der Waals surface area contributed by atoms with Crippen LogP contribution in [-0.2, 0) is 15.7 Å². The molecule has 0 bridgehead atoms. The van der Waals surface area contributed by atoms with Gasteiger partial charge in [0.2, 0.25) is 0 Å². The lowest BCUT2D eigenvalue weighted by atomic mass is 9.93. The molecule has 2 N–H and O–H groups in total. The van der Waals surface area contributed by atoms with Crippen LogP contribution in [0, 0.1) is 5.92 Å². The lowest BCUT2D eigenvalue weighted by molar-refractivity contribution is -0.152. The number of hydrogen-bond acceptors (Lipinski definition) is 3. The predicted molar refractivity (Wildman–Crippen MR) is 96.6 cm³/mol. The highest BCUT2D eigenvalue weighted by Crippen LogP contribution is 2.51. The normalized spacial score (nSPS) is 27.0. The van der Waals surface area contributed by atoms with Gasteiger partial charge in [-0.2, -0.15) is 13.2 Å². The second-order valence-corrected chi connectivity index (χ2v) is 7.45. The number of esters is 1. The lowest BCUT2D eigenvalue weighted by Crippen LogP contribution is -2.44. The fraction of sp³-hybridized carbons (Fsp3) is 0.600. The van der Waals surface area contributed by atoms with E-state index in [-0.39, 0.29) is 23.7 Å². The van der Waals surface area contributed by atoms with Gasteiger partial charge >= 0.3 is 18.2 Å².